The van der Waals surface area contributed by atoms with Crippen LogP contribution in [0.25, 0.3) is 0 Å². The van der Waals surface area contributed by atoms with Crippen molar-refractivity contribution in [3.63, 3.8) is 0 Å². The smallest absolute Gasteiger partial charge is 0.268 e. The van der Waals surface area contributed by atoms with Gasteiger partial charge in [0.05, 0.1) is 11.8 Å². The summed E-state index contributed by atoms with van der Waals surface area (Å²) in [5, 5.41) is 12.2. The van der Waals surface area contributed by atoms with Crippen LogP contribution < -0.4 is 15.0 Å². The molecular formula is C17H19N3O3. The summed E-state index contributed by atoms with van der Waals surface area (Å²) in [7, 11) is 0. The molecule has 1 aromatic carbocycles. The summed E-state index contributed by atoms with van der Waals surface area (Å²) in [5.74, 6) is 0.0187. The van der Waals surface area contributed by atoms with E-state index in [1.807, 2.05) is 6.07 Å². The third-order valence-electron chi connectivity index (χ3n) is 4.43. The van der Waals surface area contributed by atoms with E-state index >= 15 is 0 Å². The Hall–Kier alpha value is -2.55. The van der Waals surface area contributed by atoms with Crippen LogP contribution in [0, 0.1) is 11.3 Å². The molecule has 0 spiro atoms. The lowest BCUT2D eigenvalue weighted by atomic mass is 10.00. The number of fused-ring (bicyclic) bond motifs is 1. The summed E-state index contributed by atoms with van der Waals surface area (Å²) < 4.78 is 5.56. The van der Waals surface area contributed by atoms with Gasteiger partial charge in [-0.1, -0.05) is 12.1 Å². The quantitative estimate of drug-likeness (QED) is 0.921. The summed E-state index contributed by atoms with van der Waals surface area (Å²) in [5.41, 5.74) is -0.194. The highest BCUT2D eigenvalue weighted by atomic mass is 16.5. The van der Waals surface area contributed by atoms with Gasteiger partial charge in [0, 0.05) is 0 Å². The van der Waals surface area contributed by atoms with Crippen molar-refractivity contribution in [2.75, 3.05) is 11.4 Å². The number of hydrogen-bond donors (Lipinski definition) is 1. The van der Waals surface area contributed by atoms with E-state index in [0.717, 1.165) is 12.8 Å². The lowest BCUT2D eigenvalue weighted by Gasteiger charge is -2.33. The largest absolute Gasteiger partial charge is 0.479 e. The average molecular weight is 313 g/mol. The molecular weight excluding hydrogens is 294 g/mol. The Balaban J connectivity index is 1.78. The number of anilines is 1. The minimum atomic E-state index is -0.780. The molecule has 1 saturated carbocycles. The van der Waals surface area contributed by atoms with Gasteiger partial charge < -0.3 is 10.1 Å². The van der Waals surface area contributed by atoms with E-state index in [-0.39, 0.29) is 18.4 Å². The van der Waals surface area contributed by atoms with E-state index in [2.05, 4.69) is 11.4 Å². The highest BCUT2D eigenvalue weighted by Crippen LogP contribution is 2.34. The molecule has 1 aromatic rings. The zero-order valence-corrected chi connectivity index (χ0v) is 13.0. The summed E-state index contributed by atoms with van der Waals surface area (Å²) >= 11 is 0. The standard InChI is InChI=1S/C17H19N3O3/c1-12-16(22)20(13-6-2-3-7-14(13)23-12)10-15(21)19-17(11-18)8-4-5-9-17/h2-3,6-7,12H,4-5,8-10H2,1H3,(H,19,21). The molecule has 0 aromatic heterocycles. The predicted molar refractivity (Wildman–Crippen MR) is 83.8 cm³/mol. The maximum Gasteiger partial charge on any atom is 0.268 e. The third-order valence-corrected chi connectivity index (χ3v) is 4.43. The number of rotatable bonds is 3. The van der Waals surface area contributed by atoms with Gasteiger partial charge in [-0.2, -0.15) is 5.26 Å². The van der Waals surface area contributed by atoms with Gasteiger partial charge >= 0.3 is 0 Å². The van der Waals surface area contributed by atoms with E-state index in [0.29, 0.717) is 24.3 Å². The van der Waals surface area contributed by atoms with Gasteiger partial charge in [0.25, 0.3) is 5.91 Å². The van der Waals surface area contributed by atoms with E-state index in [1.54, 1.807) is 25.1 Å². The molecule has 1 aliphatic heterocycles. The second-order valence-corrected chi connectivity index (χ2v) is 6.10. The molecule has 1 unspecified atom stereocenters. The number of nitrogens with one attached hydrogen (secondary N) is 1. The molecule has 120 valence electrons. The van der Waals surface area contributed by atoms with Crippen LogP contribution in [0.15, 0.2) is 24.3 Å². The van der Waals surface area contributed by atoms with Crippen molar-refractivity contribution in [3.8, 4) is 11.8 Å². The van der Waals surface area contributed by atoms with Crippen molar-refractivity contribution in [2.45, 2.75) is 44.2 Å². The first-order chi connectivity index (χ1) is 11.0. The SMILES string of the molecule is CC1Oc2ccccc2N(CC(=O)NC2(C#N)CCCC2)C1=O. The molecule has 1 heterocycles. The molecule has 0 radical (unpaired) electrons. The molecule has 23 heavy (non-hydrogen) atoms. The first kappa shape index (κ1) is 15.3. The Bertz CT molecular complexity index is 674. The summed E-state index contributed by atoms with van der Waals surface area (Å²) in [4.78, 5) is 26.2. The van der Waals surface area contributed by atoms with Gasteiger partial charge in [-0.05, 0) is 44.7 Å². The van der Waals surface area contributed by atoms with E-state index in [4.69, 9.17) is 4.74 Å². The maximum absolute atomic E-state index is 12.4. The Labute approximate surface area is 135 Å². The Morgan fingerprint density at radius 1 is 1.43 bits per heavy atom. The van der Waals surface area contributed by atoms with Crippen LogP contribution in [-0.4, -0.2) is 30.0 Å². The van der Waals surface area contributed by atoms with Crippen LogP contribution >= 0.6 is 0 Å². The van der Waals surface area contributed by atoms with Crippen molar-refractivity contribution in [1.29, 1.82) is 5.26 Å². The van der Waals surface area contributed by atoms with Gasteiger partial charge in [-0.15, -0.1) is 0 Å². The first-order valence-electron chi connectivity index (χ1n) is 7.84. The molecule has 6 nitrogen and oxygen atoms in total. The number of amides is 2. The maximum atomic E-state index is 12.4. The number of ether oxygens (including phenoxy) is 1. The Kier molecular flexibility index (Phi) is 3.95. The minimum Gasteiger partial charge on any atom is -0.479 e. The number of benzene rings is 1. The van der Waals surface area contributed by atoms with Gasteiger partial charge in [-0.3, -0.25) is 14.5 Å². The lowest BCUT2D eigenvalue weighted by Crippen LogP contribution is -2.53. The fraction of sp³-hybridized carbons (Fsp3) is 0.471. The second-order valence-electron chi connectivity index (χ2n) is 6.10. The van der Waals surface area contributed by atoms with E-state index < -0.39 is 11.6 Å². The van der Waals surface area contributed by atoms with Crippen LogP contribution in [0.1, 0.15) is 32.6 Å². The molecule has 6 heteroatoms. The molecule has 2 aliphatic rings. The summed E-state index contributed by atoms with van der Waals surface area (Å²) in [6, 6.07) is 9.37. The fourth-order valence-corrected chi connectivity index (χ4v) is 3.22. The van der Waals surface area contributed by atoms with Crippen LogP contribution in [0.3, 0.4) is 0 Å². The minimum absolute atomic E-state index is 0.104. The van der Waals surface area contributed by atoms with Crippen molar-refractivity contribution in [1.82, 2.24) is 5.32 Å². The van der Waals surface area contributed by atoms with Gasteiger partial charge in [0.2, 0.25) is 5.91 Å². The van der Waals surface area contributed by atoms with Crippen LogP contribution in [0.5, 0.6) is 5.75 Å². The number of para-hydroxylation sites is 2. The highest BCUT2D eigenvalue weighted by Gasteiger charge is 2.37. The van der Waals surface area contributed by atoms with Crippen LogP contribution in [0.2, 0.25) is 0 Å². The zero-order chi connectivity index (χ0) is 16.4. The fourth-order valence-electron chi connectivity index (χ4n) is 3.22. The number of carbonyl (C=O) groups excluding carboxylic acids is 2. The highest BCUT2D eigenvalue weighted by molar-refractivity contribution is 6.03. The van der Waals surface area contributed by atoms with Crippen molar-refractivity contribution in [2.24, 2.45) is 0 Å². The molecule has 1 atom stereocenters. The van der Waals surface area contributed by atoms with Gasteiger partial charge in [0.15, 0.2) is 6.10 Å². The topological polar surface area (TPSA) is 82.4 Å². The normalized spacial score (nSPS) is 22.0. The third kappa shape index (κ3) is 2.87. The van der Waals surface area contributed by atoms with E-state index in [1.165, 1.54) is 4.90 Å². The molecule has 1 N–H and O–H groups in total. The van der Waals surface area contributed by atoms with Gasteiger partial charge in [0.1, 0.15) is 17.8 Å². The predicted octanol–water partition coefficient (Wildman–Crippen LogP) is 1.75. The number of hydrogen-bond acceptors (Lipinski definition) is 4. The number of carbonyl (C=O) groups is 2. The summed E-state index contributed by atoms with van der Waals surface area (Å²) in [6.07, 6.45) is 2.57. The molecule has 1 fully saturated rings. The molecule has 1 aliphatic carbocycles. The lowest BCUT2D eigenvalue weighted by molar-refractivity contribution is -0.128. The monoisotopic (exact) mass is 313 g/mol. The molecule has 2 amide bonds. The first-order valence-corrected chi connectivity index (χ1v) is 7.84. The second kappa shape index (κ2) is 5.92. The summed E-state index contributed by atoms with van der Waals surface area (Å²) in [6.45, 7) is 1.56. The molecule has 0 bridgehead atoms. The molecule has 3 rings (SSSR count). The van der Waals surface area contributed by atoms with Crippen molar-refractivity contribution < 1.29 is 14.3 Å². The Morgan fingerprint density at radius 3 is 2.83 bits per heavy atom. The molecule has 0 saturated heterocycles. The zero-order valence-electron chi connectivity index (χ0n) is 13.0. The number of nitrogens with zero attached hydrogens (tertiary/aromatic N) is 2. The van der Waals surface area contributed by atoms with Crippen LogP contribution in [-0.2, 0) is 9.59 Å². The van der Waals surface area contributed by atoms with Crippen molar-refractivity contribution in [3.05, 3.63) is 24.3 Å². The van der Waals surface area contributed by atoms with E-state index in [9.17, 15) is 14.9 Å². The number of nitriles is 1. The average Bonchev–Trinajstić information content (AvgIpc) is 3.00. The van der Waals surface area contributed by atoms with Crippen molar-refractivity contribution >= 4 is 17.5 Å². The Morgan fingerprint density at radius 2 is 2.13 bits per heavy atom. The van der Waals surface area contributed by atoms with Gasteiger partial charge in [-0.25, -0.2) is 0 Å². The van der Waals surface area contributed by atoms with Crippen LogP contribution in [0.4, 0.5) is 5.69 Å².